The van der Waals surface area contributed by atoms with E-state index in [0.29, 0.717) is 0 Å². The van der Waals surface area contributed by atoms with Crippen molar-refractivity contribution in [1.82, 2.24) is 9.97 Å². The summed E-state index contributed by atoms with van der Waals surface area (Å²) in [6, 6.07) is 66.9. The average Bonchev–Trinajstić information content (AvgIpc) is 3.88. The van der Waals surface area contributed by atoms with Crippen LogP contribution in [0.2, 0.25) is 0 Å². The summed E-state index contributed by atoms with van der Waals surface area (Å²) in [6.45, 7) is 9.39. The van der Waals surface area contributed by atoms with Crippen molar-refractivity contribution >= 4 is 31.6 Å². The summed E-state index contributed by atoms with van der Waals surface area (Å²) in [6.07, 6.45) is 0. The minimum absolute atomic E-state index is 0.0444. The molecule has 2 aliphatic carbocycles. The van der Waals surface area contributed by atoms with Gasteiger partial charge >= 0.3 is 0 Å². The average molecular weight is 799 g/mol. The summed E-state index contributed by atoms with van der Waals surface area (Å²) < 4.78 is 2.30. The standard InChI is InChI=1S/C58H42N2S/c1-57(2)48-22-10-8-20-43(48)45-27-24-40(33-50(45)57)37-17-12-16-36(30-37)39-26-29-52-47(32-39)54-55(61-52)53(59-56(60-54)35-14-6-5-7-15-35)42-19-13-18-38(31-42)41-25-28-46-44-21-9-11-23-49(44)58(3,4)51(46)34-41/h5-34H,1-4H3. The number of benzene rings is 8. The van der Waals surface area contributed by atoms with Gasteiger partial charge in [-0.15, -0.1) is 11.3 Å². The Balaban J connectivity index is 0.961. The molecule has 0 saturated carbocycles. The maximum Gasteiger partial charge on any atom is 0.160 e. The fraction of sp³-hybridized carbons (Fsp3) is 0.103. The van der Waals surface area contributed by atoms with Crippen LogP contribution in [0.4, 0.5) is 0 Å². The van der Waals surface area contributed by atoms with E-state index >= 15 is 0 Å². The third kappa shape index (κ3) is 5.54. The number of rotatable bonds is 5. The van der Waals surface area contributed by atoms with Crippen molar-refractivity contribution in [2.45, 2.75) is 38.5 Å². The normalized spacial score (nSPS) is 14.2. The molecule has 0 fully saturated rings. The number of hydrogen-bond donors (Lipinski definition) is 0. The van der Waals surface area contributed by atoms with E-state index in [1.165, 1.54) is 82.6 Å². The van der Waals surface area contributed by atoms with E-state index in [0.717, 1.165) is 38.2 Å². The van der Waals surface area contributed by atoms with Crippen molar-refractivity contribution in [1.29, 1.82) is 0 Å². The smallest absolute Gasteiger partial charge is 0.160 e. The van der Waals surface area contributed by atoms with Crippen molar-refractivity contribution in [2.24, 2.45) is 0 Å². The van der Waals surface area contributed by atoms with Crippen LogP contribution in [0.25, 0.3) is 98.6 Å². The third-order valence-corrected chi connectivity index (χ3v) is 14.7. The molecule has 0 unspecified atom stereocenters. The second-order valence-electron chi connectivity index (χ2n) is 17.8. The van der Waals surface area contributed by atoms with Gasteiger partial charge in [-0.2, -0.15) is 0 Å². The van der Waals surface area contributed by atoms with Gasteiger partial charge in [0.2, 0.25) is 0 Å². The minimum Gasteiger partial charge on any atom is -0.226 e. The maximum atomic E-state index is 5.35. The Morgan fingerprint density at radius 3 is 1.43 bits per heavy atom. The molecule has 12 rings (SSSR count). The summed E-state index contributed by atoms with van der Waals surface area (Å²) in [4.78, 5) is 10.7. The molecule has 61 heavy (non-hydrogen) atoms. The molecular weight excluding hydrogens is 757 g/mol. The van der Waals surface area contributed by atoms with Gasteiger partial charge in [-0.25, -0.2) is 9.97 Å². The number of aromatic nitrogens is 2. The van der Waals surface area contributed by atoms with Crippen molar-refractivity contribution < 1.29 is 0 Å². The lowest BCUT2D eigenvalue weighted by molar-refractivity contribution is 0.660. The predicted molar refractivity (Wildman–Crippen MR) is 257 cm³/mol. The van der Waals surface area contributed by atoms with Gasteiger partial charge in [0.25, 0.3) is 0 Å². The van der Waals surface area contributed by atoms with Crippen LogP contribution in [0.3, 0.4) is 0 Å². The van der Waals surface area contributed by atoms with Gasteiger partial charge in [0.05, 0.1) is 15.9 Å². The van der Waals surface area contributed by atoms with Crippen LogP contribution in [0.15, 0.2) is 182 Å². The number of nitrogens with zero attached hydrogens (tertiary/aromatic N) is 2. The van der Waals surface area contributed by atoms with E-state index in [-0.39, 0.29) is 10.8 Å². The largest absolute Gasteiger partial charge is 0.226 e. The second-order valence-corrected chi connectivity index (χ2v) is 18.8. The fourth-order valence-corrected chi connectivity index (χ4v) is 11.4. The van der Waals surface area contributed by atoms with E-state index < -0.39 is 0 Å². The van der Waals surface area contributed by atoms with Crippen LogP contribution in [-0.4, -0.2) is 9.97 Å². The Kier molecular flexibility index (Phi) is 7.83. The SMILES string of the molecule is CC1(C)c2ccccc2-c2ccc(-c3cccc(-c4ccc5sc6c(-c7cccc(-c8ccc9c(c8)C(C)(C)c8ccccc8-9)c7)nc(-c7ccccc7)nc6c5c4)c3)cc21. The molecule has 0 spiro atoms. The molecule has 0 atom stereocenters. The Morgan fingerprint density at radius 1 is 0.361 bits per heavy atom. The molecule has 0 bridgehead atoms. The zero-order valence-electron chi connectivity index (χ0n) is 34.6. The number of hydrogen-bond acceptors (Lipinski definition) is 3. The molecule has 0 N–H and O–H groups in total. The Labute approximate surface area is 360 Å². The fourth-order valence-electron chi connectivity index (χ4n) is 10.2. The van der Waals surface area contributed by atoms with Gasteiger partial charge in [0.1, 0.15) is 0 Å². The van der Waals surface area contributed by atoms with Gasteiger partial charge in [-0.3, -0.25) is 0 Å². The summed E-state index contributed by atoms with van der Waals surface area (Å²) in [5.74, 6) is 0.735. The molecule has 2 aliphatic rings. The highest BCUT2D eigenvalue weighted by molar-refractivity contribution is 7.26. The molecule has 3 heteroatoms. The summed E-state index contributed by atoms with van der Waals surface area (Å²) in [7, 11) is 0. The topological polar surface area (TPSA) is 25.8 Å². The van der Waals surface area contributed by atoms with Crippen molar-refractivity contribution in [3.05, 3.63) is 204 Å². The zero-order valence-corrected chi connectivity index (χ0v) is 35.4. The first kappa shape index (κ1) is 36.0. The van der Waals surface area contributed by atoms with Crippen LogP contribution in [0.5, 0.6) is 0 Å². The van der Waals surface area contributed by atoms with Gasteiger partial charge < -0.3 is 0 Å². The Hall–Kier alpha value is -6.94. The lowest BCUT2D eigenvalue weighted by atomic mass is 9.81. The van der Waals surface area contributed by atoms with Gasteiger partial charge in [-0.05, 0) is 114 Å². The first-order valence-corrected chi connectivity index (χ1v) is 22.0. The quantitative estimate of drug-likeness (QED) is 0.173. The molecule has 0 aliphatic heterocycles. The Morgan fingerprint density at radius 2 is 0.820 bits per heavy atom. The molecule has 2 nitrogen and oxygen atoms in total. The van der Waals surface area contributed by atoms with Gasteiger partial charge in [0, 0.05) is 32.0 Å². The van der Waals surface area contributed by atoms with E-state index in [1.54, 1.807) is 11.3 Å². The van der Waals surface area contributed by atoms with E-state index in [2.05, 4.69) is 204 Å². The van der Waals surface area contributed by atoms with E-state index in [1.807, 2.05) is 6.07 Å². The molecule has 2 aromatic heterocycles. The molecule has 0 saturated heterocycles. The molecule has 0 radical (unpaired) electrons. The predicted octanol–water partition coefficient (Wildman–Crippen LogP) is 15.8. The molecule has 8 aromatic carbocycles. The lowest BCUT2D eigenvalue weighted by Gasteiger charge is -2.22. The van der Waals surface area contributed by atoms with E-state index in [9.17, 15) is 0 Å². The van der Waals surface area contributed by atoms with Gasteiger partial charge in [0.15, 0.2) is 5.82 Å². The van der Waals surface area contributed by atoms with Crippen molar-refractivity contribution in [3.63, 3.8) is 0 Å². The molecule has 0 amide bonds. The monoisotopic (exact) mass is 798 g/mol. The zero-order chi connectivity index (χ0) is 41.0. The maximum absolute atomic E-state index is 5.35. The molecular formula is C58H42N2S. The van der Waals surface area contributed by atoms with Gasteiger partial charge in [-0.1, -0.05) is 173 Å². The highest BCUT2D eigenvalue weighted by Gasteiger charge is 2.36. The highest BCUT2D eigenvalue weighted by Crippen LogP contribution is 2.51. The van der Waals surface area contributed by atoms with Crippen LogP contribution in [-0.2, 0) is 10.8 Å². The summed E-state index contributed by atoms with van der Waals surface area (Å²) in [5, 5.41) is 1.15. The van der Waals surface area contributed by atoms with Crippen molar-refractivity contribution in [3.8, 4) is 78.3 Å². The molecule has 2 heterocycles. The first-order chi connectivity index (χ1) is 29.7. The van der Waals surface area contributed by atoms with Crippen LogP contribution in [0, 0.1) is 0 Å². The highest BCUT2D eigenvalue weighted by atomic mass is 32.1. The van der Waals surface area contributed by atoms with Crippen LogP contribution < -0.4 is 0 Å². The van der Waals surface area contributed by atoms with Crippen LogP contribution in [0.1, 0.15) is 49.9 Å². The minimum atomic E-state index is -0.0633. The summed E-state index contributed by atoms with van der Waals surface area (Å²) >= 11 is 1.78. The summed E-state index contributed by atoms with van der Waals surface area (Å²) in [5.41, 5.74) is 22.1. The lowest BCUT2D eigenvalue weighted by Crippen LogP contribution is -2.14. The first-order valence-electron chi connectivity index (χ1n) is 21.2. The molecule has 10 aromatic rings. The number of thiophene rings is 1. The van der Waals surface area contributed by atoms with E-state index in [4.69, 9.17) is 9.97 Å². The van der Waals surface area contributed by atoms with Crippen LogP contribution >= 0.6 is 11.3 Å². The second kappa shape index (κ2) is 13.3. The molecule has 290 valence electrons. The number of fused-ring (bicyclic) bond motifs is 9. The van der Waals surface area contributed by atoms with Crippen molar-refractivity contribution in [2.75, 3.05) is 0 Å². The Bertz CT molecular complexity index is 3420. The third-order valence-electron chi connectivity index (χ3n) is 13.5.